The Balaban J connectivity index is 1.83. The summed E-state index contributed by atoms with van der Waals surface area (Å²) < 4.78 is 2.12. The van der Waals surface area contributed by atoms with Gasteiger partial charge < -0.3 is 9.88 Å². The molecule has 17 heavy (non-hydrogen) atoms. The van der Waals surface area contributed by atoms with Crippen LogP contribution >= 0.6 is 0 Å². The molecule has 1 aromatic heterocycles. The molecule has 0 aromatic carbocycles. The maximum atomic E-state index is 4.18. The molecular weight excluding hydrogens is 212 g/mol. The summed E-state index contributed by atoms with van der Waals surface area (Å²) in [6, 6.07) is 0. The molecule has 1 saturated heterocycles. The Labute approximate surface area is 104 Å². The van der Waals surface area contributed by atoms with Crippen LogP contribution in [0.4, 0.5) is 0 Å². The van der Waals surface area contributed by atoms with Crippen molar-refractivity contribution in [1.29, 1.82) is 0 Å². The molecule has 1 aliphatic rings. The Morgan fingerprint density at radius 2 is 2.41 bits per heavy atom. The highest BCUT2D eigenvalue weighted by molar-refractivity contribution is 4.97. The van der Waals surface area contributed by atoms with Gasteiger partial charge in [-0.2, -0.15) is 0 Å². The summed E-state index contributed by atoms with van der Waals surface area (Å²) in [5.41, 5.74) is 1.31. The molecule has 4 nitrogen and oxygen atoms in total. The van der Waals surface area contributed by atoms with E-state index in [1.165, 1.54) is 38.2 Å². The van der Waals surface area contributed by atoms with Gasteiger partial charge in [0.1, 0.15) is 0 Å². The molecule has 2 rings (SSSR count). The summed E-state index contributed by atoms with van der Waals surface area (Å²) in [6.07, 6.45) is 6.56. The molecule has 1 N–H and O–H groups in total. The van der Waals surface area contributed by atoms with Crippen LogP contribution in [0.15, 0.2) is 12.5 Å². The van der Waals surface area contributed by atoms with Gasteiger partial charge in [0.15, 0.2) is 0 Å². The van der Waals surface area contributed by atoms with E-state index < -0.39 is 0 Å². The highest BCUT2D eigenvalue weighted by Gasteiger charge is 2.19. The zero-order chi connectivity index (χ0) is 12.1. The summed E-state index contributed by atoms with van der Waals surface area (Å²) >= 11 is 0. The molecule has 1 aromatic rings. The fourth-order valence-corrected chi connectivity index (χ4v) is 2.58. The van der Waals surface area contributed by atoms with Gasteiger partial charge in [0.2, 0.25) is 0 Å². The van der Waals surface area contributed by atoms with Gasteiger partial charge in [0, 0.05) is 26.3 Å². The highest BCUT2D eigenvalue weighted by atomic mass is 15.2. The van der Waals surface area contributed by atoms with E-state index >= 15 is 0 Å². The molecule has 0 bridgehead atoms. The van der Waals surface area contributed by atoms with Gasteiger partial charge >= 0.3 is 0 Å². The molecule has 0 aliphatic carbocycles. The molecule has 0 saturated carbocycles. The van der Waals surface area contributed by atoms with E-state index in [1.54, 1.807) is 0 Å². The largest absolute Gasteiger partial charge is 0.337 e. The predicted molar refractivity (Wildman–Crippen MR) is 69.8 cm³/mol. The third-order valence-electron chi connectivity index (χ3n) is 3.59. The number of likely N-dealkylation sites (tertiary alicyclic amines) is 1. The van der Waals surface area contributed by atoms with Gasteiger partial charge in [0.05, 0.1) is 12.0 Å². The van der Waals surface area contributed by atoms with Crippen molar-refractivity contribution in [2.75, 3.05) is 26.2 Å². The van der Waals surface area contributed by atoms with E-state index in [0.29, 0.717) is 0 Å². The van der Waals surface area contributed by atoms with Gasteiger partial charge in [-0.1, -0.05) is 6.92 Å². The second-order valence-corrected chi connectivity index (χ2v) is 5.05. The number of piperidine rings is 1. The van der Waals surface area contributed by atoms with E-state index in [9.17, 15) is 0 Å². The van der Waals surface area contributed by atoms with Crippen molar-refractivity contribution in [1.82, 2.24) is 19.8 Å². The summed E-state index contributed by atoms with van der Waals surface area (Å²) in [5, 5.41) is 3.46. The van der Waals surface area contributed by atoms with Gasteiger partial charge in [-0.05, 0) is 38.4 Å². The average Bonchev–Trinajstić information content (AvgIpc) is 2.73. The lowest BCUT2D eigenvalue weighted by atomic mass is 9.98. The van der Waals surface area contributed by atoms with Gasteiger partial charge in [-0.15, -0.1) is 0 Å². The van der Waals surface area contributed by atoms with Crippen molar-refractivity contribution in [3.63, 3.8) is 0 Å². The molecule has 1 unspecified atom stereocenters. The third kappa shape index (κ3) is 3.54. The molecule has 96 valence electrons. The summed E-state index contributed by atoms with van der Waals surface area (Å²) in [5.74, 6) is 0.817. The van der Waals surface area contributed by atoms with Crippen molar-refractivity contribution in [2.24, 2.45) is 13.0 Å². The first-order valence-electron chi connectivity index (χ1n) is 6.68. The second kappa shape index (κ2) is 6.17. The zero-order valence-electron chi connectivity index (χ0n) is 11.0. The average molecular weight is 236 g/mol. The van der Waals surface area contributed by atoms with Crippen molar-refractivity contribution in [3.05, 3.63) is 18.2 Å². The first-order valence-corrected chi connectivity index (χ1v) is 6.68. The normalized spacial score (nSPS) is 21.9. The van der Waals surface area contributed by atoms with Crippen LogP contribution in [0, 0.1) is 5.92 Å². The molecule has 0 spiro atoms. The first-order chi connectivity index (χ1) is 8.29. The number of hydrogen-bond acceptors (Lipinski definition) is 3. The van der Waals surface area contributed by atoms with Crippen LogP contribution in [0.5, 0.6) is 0 Å². The fourth-order valence-electron chi connectivity index (χ4n) is 2.58. The molecule has 0 radical (unpaired) electrons. The summed E-state index contributed by atoms with van der Waals surface area (Å²) in [4.78, 5) is 6.74. The lowest BCUT2D eigenvalue weighted by Gasteiger charge is -2.32. The lowest BCUT2D eigenvalue weighted by molar-refractivity contribution is 0.163. The monoisotopic (exact) mass is 236 g/mol. The first kappa shape index (κ1) is 12.6. The number of imidazole rings is 1. The minimum Gasteiger partial charge on any atom is -0.337 e. The summed E-state index contributed by atoms with van der Waals surface area (Å²) in [7, 11) is 2.07. The number of rotatable bonds is 5. The van der Waals surface area contributed by atoms with Crippen LogP contribution < -0.4 is 5.32 Å². The minimum absolute atomic E-state index is 0.817. The quantitative estimate of drug-likeness (QED) is 0.835. The Bertz CT molecular complexity index is 334. The van der Waals surface area contributed by atoms with Crippen LogP contribution in [0.2, 0.25) is 0 Å². The minimum atomic E-state index is 0.817. The predicted octanol–water partition coefficient (Wildman–Crippen LogP) is 1.24. The number of aromatic nitrogens is 2. The van der Waals surface area contributed by atoms with Crippen LogP contribution in [-0.2, 0) is 13.6 Å². The third-order valence-corrected chi connectivity index (χ3v) is 3.59. The number of aryl methyl sites for hydroxylation is 1. The number of nitrogens with one attached hydrogen (secondary N) is 1. The van der Waals surface area contributed by atoms with E-state index in [2.05, 4.69) is 33.7 Å². The van der Waals surface area contributed by atoms with Gasteiger partial charge in [0.25, 0.3) is 0 Å². The topological polar surface area (TPSA) is 33.1 Å². The van der Waals surface area contributed by atoms with E-state index in [-0.39, 0.29) is 0 Å². The fraction of sp³-hybridized carbons (Fsp3) is 0.769. The molecule has 2 heterocycles. The Hall–Kier alpha value is -0.870. The van der Waals surface area contributed by atoms with E-state index in [0.717, 1.165) is 19.0 Å². The van der Waals surface area contributed by atoms with Gasteiger partial charge in [-0.3, -0.25) is 4.90 Å². The zero-order valence-corrected chi connectivity index (χ0v) is 11.0. The second-order valence-electron chi connectivity index (χ2n) is 5.05. The Kier molecular flexibility index (Phi) is 4.57. The molecular formula is C13H24N4. The Morgan fingerprint density at radius 3 is 3.12 bits per heavy atom. The molecule has 1 atom stereocenters. The summed E-state index contributed by atoms with van der Waals surface area (Å²) in [6.45, 7) is 7.91. The Morgan fingerprint density at radius 1 is 1.53 bits per heavy atom. The van der Waals surface area contributed by atoms with Crippen molar-refractivity contribution in [2.45, 2.75) is 26.3 Å². The number of nitrogens with zero attached hydrogens (tertiary/aromatic N) is 3. The van der Waals surface area contributed by atoms with Gasteiger partial charge in [-0.25, -0.2) is 4.98 Å². The van der Waals surface area contributed by atoms with Crippen LogP contribution in [0.1, 0.15) is 25.5 Å². The molecule has 1 aliphatic heterocycles. The van der Waals surface area contributed by atoms with Crippen LogP contribution in [0.25, 0.3) is 0 Å². The van der Waals surface area contributed by atoms with Crippen molar-refractivity contribution in [3.8, 4) is 0 Å². The SMILES string of the molecule is CCNCC1CCCN(Cc2cncn2C)C1. The smallest absolute Gasteiger partial charge is 0.0945 e. The molecule has 4 heteroatoms. The number of hydrogen-bond donors (Lipinski definition) is 1. The van der Waals surface area contributed by atoms with E-state index in [4.69, 9.17) is 0 Å². The maximum absolute atomic E-state index is 4.18. The molecule has 1 fully saturated rings. The van der Waals surface area contributed by atoms with Crippen LogP contribution in [0.3, 0.4) is 0 Å². The molecule has 0 amide bonds. The standard InChI is InChI=1S/C13H24N4/c1-3-14-7-12-5-4-6-17(9-12)10-13-8-15-11-16(13)2/h8,11-12,14H,3-7,9-10H2,1-2H3. The lowest BCUT2D eigenvalue weighted by Crippen LogP contribution is -2.39. The highest BCUT2D eigenvalue weighted by Crippen LogP contribution is 2.17. The maximum Gasteiger partial charge on any atom is 0.0945 e. The van der Waals surface area contributed by atoms with Crippen molar-refractivity contribution >= 4 is 0 Å². The van der Waals surface area contributed by atoms with E-state index in [1.807, 2.05) is 12.5 Å². The van der Waals surface area contributed by atoms with Crippen molar-refractivity contribution < 1.29 is 0 Å². The van der Waals surface area contributed by atoms with Crippen LogP contribution in [-0.4, -0.2) is 40.6 Å².